The Kier molecular flexibility index (Phi) is 3.77. The summed E-state index contributed by atoms with van der Waals surface area (Å²) in [5.41, 5.74) is 0.505. The zero-order valence-corrected chi connectivity index (χ0v) is 6.77. The highest BCUT2D eigenvalue weighted by Gasteiger charge is 2.04. The second-order valence-corrected chi connectivity index (χ2v) is 2.20. The summed E-state index contributed by atoms with van der Waals surface area (Å²) in [6.07, 6.45) is 1.01. The van der Waals surface area contributed by atoms with Crippen LogP contribution in [0.25, 0.3) is 0 Å². The molecule has 0 heterocycles. The van der Waals surface area contributed by atoms with E-state index in [-0.39, 0.29) is 11.5 Å². The van der Waals surface area contributed by atoms with E-state index in [0.717, 1.165) is 0 Å². The maximum Gasteiger partial charge on any atom is 0.161 e. The average Bonchev–Trinajstić information content (AvgIpc) is 2.00. The third-order valence-electron chi connectivity index (χ3n) is 1.51. The average molecular weight is 142 g/mol. The Labute approximate surface area is 61.6 Å². The Hall–Kier alpha value is -0.790. The molecule has 0 aromatic carbocycles. The number of rotatable bonds is 3. The van der Waals surface area contributed by atoms with Crippen LogP contribution in [0, 0.1) is 0 Å². The zero-order valence-electron chi connectivity index (χ0n) is 6.77. The molecule has 0 rings (SSSR count). The van der Waals surface area contributed by atoms with E-state index in [4.69, 9.17) is 5.11 Å². The molecule has 0 saturated heterocycles. The highest BCUT2D eigenvalue weighted by atomic mass is 16.3. The van der Waals surface area contributed by atoms with Crippen LogP contribution in [0.5, 0.6) is 0 Å². The van der Waals surface area contributed by atoms with Crippen molar-refractivity contribution in [2.45, 2.75) is 33.6 Å². The van der Waals surface area contributed by atoms with Gasteiger partial charge in [0.25, 0.3) is 0 Å². The van der Waals surface area contributed by atoms with Gasteiger partial charge in [0.05, 0.1) is 5.76 Å². The Morgan fingerprint density at radius 3 is 2.10 bits per heavy atom. The lowest BCUT2D eigenvalue weighted by Gasteiger charge is -1.99. The van der Waals surface area contributed by atoms with Gasteiger partial charge in [-0.25, -0.2) is 0 Å². The van der Waals surface area contributed by atoms with Gasteiger partial charge in [0.15, 0.2) is 5.78 Å². The van der Waals surface area contributed by atoms with Crippen LogP contribution in [-0.2, 0) is 4.79 Å². The lowest BCUT2D eigenvalue weighted by molar-refractivity contribution is -0.115. The molecule has 2 heteroatoms. The van der Waals surface area contributed by atoms with E-state index in [1.165, 1.54) is 0 Å². The Balaban J connectivity index is 4.30. The maximum atomic E-state index is 10.9. The van der Waals surface area contributed by atoms with E-state index in [0.29, 0.717) is 18.4 Å². The molecule has 0 bridgehead atoms. The largest absolute Gasteiger partial charge is 0.512 e. The quantitative estimate of drug-likeness (QED) is 0.484. The van der Waals surface area contributed by atoms with Gasteiger partial charge in [-0.2, -0.15) is 0 Å². The first kappa shape index (κ1) is 9.21. The molecular formula is C8H14O2. The molecule has 0 aliphatic heterocycles. The topological polar surface area (TPSA) is 37.3 Å². The van der Waals surface area contributed by atoms with Crippen molar-refractivity contribution >= 4 is 5.78 Å². The van der Waals surface area contributed by atoms with Crippen LogP contribution in [0.15, 0.2) is 11.3 Å². The van der Waals surface area contributed by atoms with E-state index in [2.05, 4.69) is 0 Å². The predicted molar refractivity (Wildman–Crippen MR) is 40.9 cm³/mol. The van der Waals surface area contributed by atoms with Gasteiger partial charge in [0.1, 0.15) is 0 Å². The lowest BCUT2D eigenvalue weighted by atomic mass is 10.1. The molecule has 0 spiro atoms. The minimum atomic E-state index is 0.0272. The summed E-state index contributed by atoms with van der Waals surface area (Å²) >= 11 is 0. The predicted octanol–water partition coefficient (Wildman–Crippen LogP) is 2.21. The SMILES string of the molecule is CCC(=O)C(C)=C(O)CC. The molecule has 0 aromatic heterocycles. The zero-order chi connectivity index (χ0) is 8.15. The highest BCUT2D eigenvalue weighted by molar-refractivity contribution is 5.94. The molecule has 10 heavy (non-hydrogen) atoms. The second-order valence-electron chi connectivity index (χ2n) is 2.20. The number of allylic oxidation sites excluding steroid dienone is 2. The molecule has 1 N–H and O–H groups in total. The van der Waals surface area contributed by atoms with Crippen LogP contribution in [0.4, 0.5) is 0 Å². The van der Waals surface area contributed by atoms with Crippen LogP contribution < -0.4 is 0 Å². The van der Waals surface area contributed by atoms with E-state index >= 15 is 0 Å². The first-order chi connectivity index (χ1) is 4.63. The minimum Gasteiger partial charge on any atom is -0.512 e. The molecule has 0 aliphatic rings. The third kappa shape index (κ3) is 2.21. The van der Waals surface area contributed by atoms with Crippen molar-refractivity contribution in [2.75, 3.05) is 0 Å². The number of hydrogen-bond acceptors (Lipinski definition) is 2. The number of aliphatic hydroxyl groups excluding tert-OH is 1. The van der Waals surface area contributed by atoms with Crippen molar-refractivity contribution in [1.82, 2.24) is 0 Å². The minimum absolute atomic E-state index is 0.0272. The van der Waals surface area contributed by atoms with Crippen molar-refractivity contribution in [3.63, 3.8) is 0 Å². The van der Waals surface area contributed by atoms with Gasteiger partial charge in [-0.1, -0.05) is 13.8 Å². The number of ketones is 1. The fraction of sp³-hybridized carbons (Fsp3) is 0.625. The fourth-order valence-corrected chi connectivity index (χ4v) is 0.691. The third-order valence-corrected chi connectivity index (χ3v) is 1.51. The molecule has 0 amide bonds. The van der Waals surface area contributed by atoms with E-state index in [1.807, 2.05) is 6.92 Å². The van der Waals surface area contributed by atoms with Crippen LogP contribution in [0.1, 0.15) is 33.6 Å². The number of carbonyl (C=O) groups excluding carboxylic acids is 1. The summed E-state index contributed by atoms with van der Waals surface area (Å²) < 4.78 is 0. The van der Waals surface area contributed by atoms with Crippen molar-refractivity contribution < 1.29 is 9.90 Å². The monoisotopic (exact) mass is 142 g/mol. The van der Waals surface area contributed by atoms with Gasteiger partial charge >= 0.3 is 0 Å². The van der Waals surface area contributed by atoms with Crippen molar-refractivity contribution in [3.8, 4) is 0 Å². The summed E-state index contributed by atoms with van der Waals surface area (Å²) in [4.78, 5) is 10.9. The van der Waals surface area contributed by atoms with Crippen LogP contribution in [0.2, 0.25) is 0 Å². The molecule has 0 aromatic rings. The van der Waals surface area contributed by atoms with Crippen molar-refractivity contribution in [2.24, 2.45) is 0 Å². The van der Waals surface area contributed by atoms with Crippen LogP contribution >= 0.6 is 0 Å². The molecule has 58 valence electrons. The van der Waals surface area contributed by atoms with Gasteiger partial charge in [-0.05, 0) is 6.92 Å². The Bertz CT molecular complexity index is 157. The first-order valence-electron chi connectivity index (χ1n) is 3.55. The molecule has 2 nitrogen and oxygen atoms in total. The van der Waals surface area contributed by atoms with Gasteiger partial charge in [0.2, 0.25) is 0 Å². The van der Waals surface area contributed by atoms with E-state index in [9.17, 15) is 4.79 Å². The number of aliphatic hydroxyl groups is 1. The molecule has 0 aliphatic carbocycles. The molecule has 0 fully saturated rings. The van der Waals surface area contributed by atoms with E-state index in [1.54, 1.807) is 13.8 Å². The Morgan fingerprint density at radius 2 is 1.80 bits per heavy atom. The van der Waals surface area contributed by atoms with Crippen LogP contribution in [-0.4, -0.2) is 10.9 Å². The summed E-state index contributed by atoms with van der Waals surface area (Å²) in [6.45, 7) is 5.27. The summed E-state index contributed by atoms with van der Waals surface area (Å²) in [5, 5.41) is 9.09. The first-order valence-corrected chi connectivity index (χ1v) is 3.55. The summed E-state index contributed by atoms with van der Waals surface area (Å²) in [7, 11) is 0. The van der Waals surface area contributed by atoms with E-state index < -0.39 is 0 Å². The van der Waals surface area contributed by atoms with Gasteiger partial charge in [-0.3, -0.25) is 4.79 Å². The van der Waals surface area contributed by atoms with Crippen molar-refractivity contribution in [3.05, 3.63) is 11.3 Å². The molecule has 0 unspecified atom stereocenters. The maximum absolute atomic E-state index is 10.9. The Morgan fingerprint density at radius 1 is 1.30 bits per heavy atom. The van der Waals surface area contributed by atoms with Gasteiger partial charge in [0, 0.05) is 18.4 Å². The second kappa shape index (κ2) is 4.09. The highest BCUT2D eigenvalue weighted by Crippen LogP contribution is 2.06. The van der Waals surface area contributed by atoms with Gasteiger partial charge in [-0.15, -0.1) is 0 Å². The normalized spacial score (nSPS) is 12.7. The van der Waals surface area contributed by atoms with Gasteiger partial charge < -0.3 is 5.11 Å². The molecule has 0 saturated carbocycles. The summed E-state index contributed by atoms with van der Waals surface area (Å²) in [6, 6.07) is 0. The van der Waals surface area contributed by atoms with Crippen LogP contribution in [0.3, 0.4) is 0 Å². The standard InChI is InChI=1S/C8H14O2/c1-4-7(9)6(3)8(10)5-2/h9H,4-5H2,1-3H3. The molecule has 0 radical (unpaired) electrons. The number of Topliss-reactive ketones (excluding diaryl/α,β-unsaturated/α-hetero) is 1. The number of hydrogen-bond donors (Lipinski definition) is 1. The number of carbonyl (C=O) groups is 1. The molecule has 0 atom stereocenters. The smallest absolute Gasteiger partial charge is 0.161 e. The fourth-order valence-electron chi connectivity index (χ4n) is 0.691. The summed E-state index contributed by atoms with van der Waals surface area (Å²) in [5.74, 6) is 0.242. The lowest BCUT2D eigenvalue weighted by Crippen LogP contribution is -2.00. The van der Waals surface area contributed by atoms with Crippen molar-refractivity contribution in [1.29, 1.82) is 0 Å². The molecular weight excluding hydrogens is 128 g/mol.